The highest BCUT2D eigenvalue weighted by molar-refractivity contribution is 6.02. The van der Waals surface area contributed by atoms with Crippen LogP contribution in [-0.4, -0.2) is 35.7 Å². The van der Waals surface area contributed by atoms with E-state index in [4.69, 9.17) is 0 Å². The van der Waals surface area contributed by atoms with Crippen molar-refractivity contribution >= 4 is 17.7 Å². The third-order valence-electron chi connectivity index (χ3n) is 3.49. The van der Waals surface area contributed by atoms with Gasteiger partial charge in [-0.25, -0.2) is 0 Å². The molecule has 6 nitrogen and oxygen atoms in total. The summed E-state index contributed by atoms with van der Waals surface area (Å²) >= 11 is 0. The number of likely N-dealkylation sites (N-methyl/N-ethyl adjacent to an activating group) is 1. The number of nitrogens with zero attached hydrogens (tertiary/aromatic N) is 2. The first kappa shape index (κ1) is 14.7. The lowest BCUT2D eigenvalue weighted by atomic mass is 9.98. The van der Waals surface area contributed by atoms with E-state index in [0.717, 1.165) is 4.90 Å². The summed E-state index contributed by atoms with van der Waals surface area (Å²) in [6.45, 7) is 0. The van der Waals surface area contributed by atoms with Gasteiger partial charge < -0.3 is 5.32 Å². The van der Waals surface area contributed by atoms with Crippen molar-refractivity contribution in [1.29, 1.82) is 5.26 Å². The number of amides is 3. The average Bonchev–Trinajstić information content (AvgIpc) is 2.50. The summed E-state index contributed by atoms with van der Waals surface area (Å²) in [5, 5.41) is 11.7. The Morgan fingerprint density at radius 2 is 2.05 bits per heavy atom. The van der Waals surface area contributed by atoms with Crippen LogP contribution in [0.2, 0.25) is 0 Å². The minimum Gasteiger partial charge on any atom is -0.343 e. The lowest BCUT2D eigenvalue weighted by molar-refractivity contribution is -0.149. The van der Waals surface area contributed by atoms with Crippen molar-refractivity contribution < 1.29 is 14.4 Å². The SMILES string of the molecule is CN1C(=O)CCC(NC(=O)C(C#N)c2ccccc2)C1=O. The van der Waals surface area contributed by atoms with E-state index >= 15 is 0 Å². The molecule has 1 saturated heterocycles. The number of carbonyl (C=O) groups excluding carboxylic acids is 3. The highest BCUT2D eigenvalue weighted by Crippen LogP contribution is 2.17. The van der Waals surface area contributed by atoms with Crippen LogP contribution >= 0.6 is 0 Å². The van der Waals surface area contributed by atoms with Gasteiger partial charge in [0.1, 0.15) is 12.0 Å². The van der Waals surface area contributed by atoms with Gasteiger partial charge in [-0.05, 0) is 12.0 Å². The van der Waals surface area contributed by atoms with Crippen LogP contribution in [0.25, 0.3) is 0 Å². The molecule has 108 valence electrons. The van der Waals surface area contributed by atoms with E-state index in [1.807, 2.05) is 6.07 Å². The smallest absolute Gasteiger partial charge is 0.251 e. The summed E-state index contributed by atoms with van der Waals surface area (Å²) in [6, 6.07) is 9.84. The van der Waals surface area contributed by atoms with E-state index in [-0.39, 0.29) is 18.7 Å². The topological polar surface area (TPSA) is 90.3 Å². The number of hydrogen-bond donors (Lipinski definition) is 1. The maximum absolute atomic E-state index is 12.2. The molecule has 0 aliphatic carbocycles. The van der Waals surface area contributed by atoms with E-state index in [2.05, 4.69) is 5.32 Å². The zero-order valence-corrected chi connectivity index (χ0v) is 11.6. The predicted molar refractivity (Wildman–Crippen MR) is 73.7 cm³/mol. The summed E-state index contributed by atoms with van der Waals surface area (Å²) in [6.07, 6.45) is 0.469. The second-order valence-corrected chi connectivity index (χ2v) is 4.86. The molecule has 1 aromatic carbocycles. The lowest BCUT2D eigenvalue weighted by Crippen LogP contribution is -2.53. The summed E-state index contributed by atoms with van der Waals surface area (Å²) < 4.78 is 0. The van der Waals surface area contributed by atoms with Crippen LogP contribution in [-0.2, 0) is 14.4 Å². The fourth-order valence-electron chi connectivity index (χ4n) is 2.23. The molecule has 6 heteroatoms. The van der Waals surface area contributed by atoms with Crippen molar-refractivity contribution in [3.63, 3.8) is 0 Å². The quantitative estimate of drug-likeness (QED) is 0.821. The summed E-state index contributed by atoms with van der Waals surface area (Å²) in [5.41, 5.74) is 0.574. The van der Waals surface area contributed by atoms with Crippen molar-refractivity contribution in [2.45, 2.75) is 24.8 Å². The van der Waals surface area contributed by atoms with Crippen molar-refractivity contribution in [1.82, 2.24) is 10.2 Å². The number of hydrogen-bond acceptors (Lipinski definition) is 4. The minimum absolute atomic E-state index is 0.204. The molecule has 0 bridgehead atoms. The van der Waals surface area contributed by atoms with Gasteiger partial charge in [0.05, 0.1) is 6.07 Å². The molecule has 0 radical (unpaired) electrons. The molecule has 3 amide bonds. The second-order valence-electron chi connectivity index (χ2n) is 4.86. The molecule has 0 aromatic heterocycles. The molecular formula is C15H15N3O3. The van der Waals surface area contributed by atoms with Gasteiger partial charge in [0.15, 0.2) is 0 Å². The van der Waals surface area contributed by atoms with Gasteiger partial charge in [0.2, 0.25) is 11.8 Å². The zero-order valence-electron chi connectivity index (χ0n) is 11.6. The molecule has 2 rings (SSSR count). The predicted octanol–water partition coefficient (Wildman–Crippen LogP) is 0.557. The highest BCUT2D eigenvalue weighted by atomic mass is 16.2. The van der Waals surface area contributed by atoms with Gasteiger partial charge in [-0.3, -0.25) is 19.3 Å². The van der Waals surface area contributed by atoms with Gasteiger partial charge in [-0.1, -0.05) is 30.3 Å². The lowest BCUT2D eigenvalue weighted by Gasteiger charge is -2.28. The van der Waals surface area contributed by atoms with Gasteiger partial charge >= 0.3 is 0 Å². The molecule has 0 saturated carbocycles. The Bertz CT molecular complexity index is 606. The number of nitriles is 1. The molecule has 1 aliphatic heterocycles. The number of likely N-dealkylation sites (tertiary alicyclic amines) is 1. The number of rotatable bonds is 3. The number of imide groups is 1. The van der Waals surface area contributed by atoms with E-state index in [9.17, 15) is 19.6 Å². The summed E-state index contributed by atoms with van der Waals surface area (Å²) in [4.78, 5) is 36.5. The number of benzene rings is 1. The minimum atomic E-state index is -0.970. The monoisotopic (exact) mass is 285 g/mol. The van der Waals surface area contributed by atoms with E-state index in [0.29, 0.717) is 5.56 Å². The first-order valence-corrected chi connectivity index (χ1v) is 6.60. The average molecular weight is 285 g/mol. The Hall–Kier alpha value is -2.68. The standard InChI is InChI=1S/C15H15N3O3/c1-18-13(19)8-7-12(15(18)21)17-14(20)11(9-16)10-5-3-2-4-6-10/h2-6,11-12H,7-8H2,1H3,(H,17,20). The maximum Gasteiger partial charge on any atom is 0.251 e. The van der Waals surface area contributed by atoms with Crippen LogP contribution in [0, 0.1) is 11.3 Å². The zero-order chi connectivity index (χ0) is 15.4. The molecular weight excluding hydrogens is 270 g/mol. The van der Waals surface area contributed by atoms with Gasteiger partial charge in [-0.2, -0.15) is 5.26 Å². The molecule has 1 heterocycles. The molecule has 21 heavy (non-hydrogen) atoms. The van der Waals surface area contributed by atoms with Gasteiger partial charge in [0.25, 0.3) is 5.91 Å². The molecule has 1 fully saturated rings. The van der Waals surface area contributed by atoms with Crippen LogP contribution in [0.4, 0.5) is 0 Å². The Balaban J connectivity index is 2.09. The van der Waals surface area contributed by atoms with E-state index < -0.39 is 23.8 Å². The third kappa shape index (κ3) is 3.08. The molecule has 1 aliphatic rings. The highest BCUT2D eigenvalue weighted by Gasteiger charge is 2.34. The Morgan fingerprint density at radius 1 is 1.38 bits per heavy atom. The van der Waals surface area contributed by atoms with Crippen LogP contribution < -0.4 is 5.32 Å². The van der Waals surface area contributed by atoms with Crippen LogP contribution in [0.1, 0.15) is 24.3 Å². The fraction of sp³-hybridized carbons (Fsp3) is 0.333. The molecule has 2 unspecified atom stereocenters. The fourth-order valence-corrected chi connectivity index (χ4v) is 2.23. The van der Waals surface area contributed by atoms with Crippen LogP contribution in [0.3, 0.4) is 0 Å². The third-order valence-corrected chi connectivity index (χ3v) is 3.49. The Labute approximate surface area is 122 Å². The summed E-state index contributed by atoms with van der Waals surface area (Å²) in [7, 11) is 1.39. The Morgan fingerprint density at radius 3 is 2.67 bits per heavy atom. The number of nitrogens with one attached hydrogen (secondary N) is 1. The first-order chi connectivity index (χ1) is 10.0. The van der Waals surface area contributed by atoms with Crippen LogP contribution in [0.15, 0.2) is 30.3 Å². The van der Waals surface area contributed by atoms with Crippen molar-refractivity contribution in [3.8, 4) is 6.07 Å². The molecule has 1 aromatic rings. The van der Waals surface area contributed by atoms with E-state index in [1.54, 1.807) is 30.3 Å². The summed E-state index contributed by atoms with van der Waals surface area (Å²) in [5.74, 6) is -2.19. The van der Waals surface area contributed by atoms with Crippen LogP contribution in [0.5, 0.6) is 0 Å². The largest absolute Gasteiger partial charge is 0.343 e. The molecule has 2 atom stereocenters. The number of piperidine rings is 1. The Kier molecular flexibility index (Phi) is 4.33. The number of carbonyl (C=O) groups is 3. The van der Waals surface area contributed by atoms with Crippen molar-refractivity contribution in [3.05, 3.63) is 35.9 Å². The normalized spacial score (nSPS) is 19.8. The van der Waals surface area contributed by atoms with Crippen molar-refractivity contribution in [2.75, 3.05) is 7.05 Å². The van der Waals surface area contributed by atoms with Crippen molar-refractivity contribution in [2.24, 2.45) is 0 Å². The molecule has 1 N–H and O–H groups in total. The van der Waals surface area contributed by atoms with Gasteiger partial charge in [-0.15, -0.1) is 0 Å². The molecule has 0 spiro atoms. The maximum atomic E-state index is 12.2. The van der Waals surface area contributed by atoms with E-state index in [1.165, 1.54) is 7.05 Å². The van der Waals surface area contributed by atoms with Gasteiger partial charge in [0, 0.05) is 13.5 Å². The first-order valence-electron chi connectivity index (χ1n) is 6.60. The second kappa shape index (κ2) is 6.18.